The molecular weight excluding hydrogens is 420 g/mol. The molecule has 0 saturated heterocycles. The van der Waals surface area contributed by atoms with Gasteiger partial charge in [0.1, 0.15) is 18.0 Å². The second-order valence-corrected chi connectivity index (χ2v) is 9.46. The van der Waals surface area contributed by atoms with E-state index in [4.69, 9.17) is 4.74 Å². The first-order chi connectivity index (χ1) is 15.6. The number of ether oxygens (including phenoxy) is 1. The average molecular weight is 451 g/mol. The van der Waals surface area contributed by atoms with Crippen LogP contribution in [0.15, 0.2) is 36.5 Å². The number of fused-ring (bicyclic) bond motifs is 2. The van der Waals surface area contributed by atoms with Gasteiger partial charge in [-0.15, -0.1) is 0 Å². The van der Waals surface area contributed by atoms with Crippen molar-refractivity contribution in [2.24, 2.45) is 0 Å². The molecule has 0 unspecified atom stereocenters. The van der Waals surface area contributed by atoms with Gasteiger partial charge >= 0.3 is 6.09 Å². The molecule has 2 amide bonds. The molecule has 0 spiro atoms. The summed E-state index contributed by atoms with van der Waals surface area (Å²) in [5.41, 5.74) is 1.06. The highest BCUT2D eigenvalue weighted by molar-refractivity contribution is 6.00. The predicted octanol–water partition coefficient (Wildman–Crippen LogP) is 4.32. The summed E-state index contributed by atoms with van der Waals surface area (Å²) >= 11 is 0. The van der Waals surface area contributed by atoms with Crippen molar-refractivity contribution in [3.05, 3.63) is 42.2 Å². The van der Waals surface area contributed by atoms with Gasteiger partial charge in [0.25, 0.3) is 0 Å². The van der Waals surface area contributed by atoms with Crippen LogP contribution in [0.25, 0.3) is 10.8 Å². The Morgan fingerprint density at radius 3 is 2.70 bits per heavy atom. The predicted molar refractivity (Wildman–Crippen MR) is 128 cm³/mol. The maximum Gasteiger partial charge on any atom is 0.412 e. The van der Waals surface area contributed by atoms with E-state index in [-0.39, 0.29) is 18.5 Å². The molecule has 0 atom stereocenters. The van der Waals surface area contributed by atoms with Crippen LogP contribution in [-0.2, 0) is 22.5 Å². The summed E-state index contributed by atoms with van der Waals surface area (Å²) in [6.07, 6.45) is 1.95. The van der Waals surface area contributed by atoms with E-state index in [0.717, 1.165) is 22.9 Å². The third-order valence-electron chi connectivity index (χ3n) is 5.36. The summed E-state index contributed by atoms with van der Waals surface area (Å²) < 4.78 is 7.11. The largest absolute Gasteiger partial charge is 0.444 e. The van der Waals surface area contributed by atoms with Crippen molar-refractivity contribution in [2.45, 2.75) is 59.2 Å². The van der Waals surface area contributed by atoms with Gasteiger partial charge in [-0.05, 0) is 52.1 Å². The van der Waals surface area contributed by atoms with E-state index >= 15 is 0 Å². The van der Waals surface area contributed by atoms with Crippen LogP contribution in [0, 0.1) is 0 Å². The number of hydrogen-bond donors (Lipinski definition) is 2. The van der Waals surface area contributed by atoms with Gasteiger partial charge in [-0.1, -0.05) is 12.1 Å². The standard InChI is InChI=1S/C24H30N6O3/c1-15(2)29-10-9-17-12-21(28-30(17)14-22(29)31)27-20-11-16-7-6-8-19(18(16)13-25-20)26-23(32)33-24(3,4)5/h6-8,11-13,15H,9-10,14H2,1-5H3,(H,26,32)(H,25,27,28). The summed E-state index contributed by atoms with van der Waals surface area (Å²) in [6, 6.07) is 9.66. The Morgan fingerprint density at radius 2 is 1.97 bits per heavy atom. The molecule has 0 fully saturated rings. The van der Waals surface area contributed by atoms with Crippen molar-refractivity contribution in [2.75, 3.05) is 17.2 Å². The fourth-order valence-electron chi connectivity index (χ4n) is 3.87. The fourth-order valence-corrected chi connectivity index (χ4v) is 3.87. The van der Waals surface area contributed by atoms with E-state index in [1.54, 1.807) is 10.9 Å². The van der Waals surface area contributed by atoms with Crippen molar-refractivity contribution < 1.29 is 14.3 Å². The number of carbonyl (C=O) groups is 2. The Bertz CT molecular complexity index is 1190. The maximum absolute atomic E-state index is 12.5. The highest BCUT2D eigenvalue weighted by atomic mass is 16.6. The molecule has 174 valence electrons. The zero-order chi connectivity index (χ0) is 23.8. The van der Waals surface area contributed by atoms with Gasteiger partial charge in [0.05, 0.1) is 5.69 Å². The van der Waals surface area contributed by atoms with E-state index in [1.807, 2.05) is 69.9 Å². The van der Waals surface area contributed by atoms with Crippen molar-refractivity contribution in [1.82, 2.24) is 19.7 Å². The van der Waals surface area contributed by atoms with Crippen LogP contribution >= 0.6 is 0 Å². The van der Waals surface area contributed by atoms with Crippen LogP contribution in [0.3, 0.4) is 0 Å². The molecule has 1 aliphatic rings. The minimum atomic E-state index is -0.579. The fraction of sp³-hybridized carbons (Fsp3) is 0.417. The minimum absolute atomic E-state index is 0.0762. The molecular formula is C24H30N6O3. The Morgan fingerprint density at radius 1 is 1.18 bits per heavy atom. The van der Waals surface area contributed by atoms with Gasteiger partial charge in [0.2, 0.25) is 5.91 Å². The van der Waals surface area contributed by atoms with Gasteiger partial charge in [-0.3, -0.25) is 14.8 Å². The normalized spacial score (nSPS) is 14.2. The summed E-state index contributed by atoms with van der Waals surface area (Å²) in [6.45, 7) is 10.4. The van der Waals surface area contributed by atoms with Crippen LogP contribution in [0.4, 0.5) is 22.1 Å². The lowest BCUT2D eigenvalue weighted by molar-refractivity contribution is -0.133. The molecule has 1 aromatic carbocycles. The molecule has 4 rings (SSSR count). The average Bonchev–Trinajstić information content (AvgIpc) is 2.99. The van der Waals surface area contributed by atoms with Crippen molar-refractivity contribution in [1.29, 1.82) is 0 Å². The quantitative estimate of drug-likeness (QED) is 0.614. The van der Waals surface area contributed by atoms with E-state index in [2.05, 4.69) is 20.7 Å². The second kappa shape index (κ2) is 8.73. The van der Waals surface area contributed by atoms with Crippen molar-refractivity contribution in [3.8, 4) is 0 Å². The maximum atomic E-state index is 12.5. The summed E-state index contributed by atoms with van der Waals surface area (Å²) in [5.74, 6) is 1.35. The molecule has 9 nitrogen and oxygen atoms in total. The van der Waals surface area contributed by atoms with Crippen molar-refractivity contribution >= 4 is 40.1 Å². The first-order valence-corrected chi connectivity index (χ1v) is 11.1. The number of pyridine rings is 1. The molecule has 2 N–H and O–H groups in total. The van der Waals surface area contributed by atoms with Crippen molar-refractivity contribution in [3.63, 3.8) is 0 Å². The molecule has 1 aliphatic heterocycles. The second-order valence-electron chi connectivity index (χ2n) is 9.46. The molecule has 0 saturated carbocycles. The van der Waals surface area contributed by atoms with Crippen LogP contribution in [0.1, 0.15) is 40.3 Å². The SMILES string of the molecule is CC(C)N1CCc2cc(Nc3cc4cccc(NC(=O)OC(C)(C)C)c4cn3)nn2CC1=O. The zero-order valence-corrected chi connectivity index (χ0v) is 19.7. The molecule has 3 heterocycles. The number of hydrogen-bond acceptors (Lipinski definition) is 6. The number of aromatic nitrogens is 3. The van der Waals surface area contributed by atoms with Crippen LogP contribution in [0.5, 0.6) is 0 Å². The number of benzene rings is 1. The number of anilines is 3. The van der Waals surface area contributed by atoms with E-state index < -0.39 is 11.7 Å². The van der Waals surface area contributed by atoms with Gasteiger partial charge in [0.15, 0.2) is 5.82 Å². The topological polar surface area (TPSA) is 101 Å². The minimum Gasteiger partial charge on any atom is -0.444 e. The smallest absolute Gasteiger partial charge is 0.412 e. The summed E-state index contributed by atoms with van der Waals surface area (Å²) in [4.78, 5) is 31.1. The highest BCUT2D eigenvalue weighted by Gasteiger charge is 2.24. The third kappa shape index (κ3) is 5.24. The van der Waals surface area contributed by atoms with Gasteiger partial charge < -0.3 is 15.0 Å². The number of amides is 2. The van der Waals surface area contributed by atoms with Gasteiger partial charge in [-0.25, -0.2) is 9.78 Å². The number of rotatable bonds is 4. The number of nitrogens with one attached hydrogen (secondary N) is 2. The summed E-state index contributed by atoms with van der Waals surface area (Å²) in [5, 5.41) is 12.3. The number of nitrogens with zero attached hydrogens (tertiary/aromatic N) is 4. The lowest BCUT2D eigenvalue weighted by Crippen LogP contribution is -2.38. The monoisotopic (exact) mass is 450 g/mol. The highest BCUT2D eigenvalue weighted by Crippen LogP contribution is 2.27. The summed E-state index contributed by atoms with van der Waals surface area (Å²) in [7, 11) is 0. The van der Waals surface area contributed by atoms with Crippen LogP contribution in [-0.4, -0.2) is 49.9 Å². The lowest BCUT2D eigenvalue weighted by Gasteiger charge is -2.24. The Balaban J connectivity index is 1.51. The molecule has 9 heteroatoms. The van der Waals surface area contributed by atoms with E-state index in [0.29, 0.717) is 23.9 Å². The Hall–Kier alpha value is -3.62. The molecule has 0 radical (unpaired) electrons. The molecule has 0 bridgehead atoms. The van der Waals surface area contributed by atoms with Crippen LogP contribution < -0.4 is 10.6 Å². The van der Waals surface area contributed by atoms with Crippen LogP contribution in [0.2, 0.25) is 0 Å². The lowest BCUT2D eigenvalue weighted by atomic mass is 10.1. The molecule has 2 aromatic heterocycles. The molecule has 33 heavy (non-hydrogen) atoms. The number of carbonyl (C=O) groups excluding carboxylic acids is 2. The molecule has 3 aromatic rings. The van der Waals surface area contributed by atoms with Gasteiger partial charge in [-0.2, -0.15) is 5.10 Å². The van der Waals surface area contributed by atoms with Gasteiger partial charge in [0, 0.05) is 42.4 Å². The molecule has 0 aliphatic carbocycles. The first kappa shape index (κ1) is 22.6. The zero-order valence-electron chi connectivity index (χ0n) is 19.7. The third-order valence-corrected chi connectivity index (χ3v) is 5.36. The van der Waals surface area contributed by atoms with E-state index in [1.165, 1.54) is 0 Å². The Kier molecular flexibility index (Phi) is 5.97. The van der Waals surface area contributed by atoms with E-state index in [9.17, 15) is 9.59 Å². The Labute approximate surface area is 193 Å². The first-order valence-electron chi connectivity index (χ1n) is 11.1.